The molecule has 1 aromatic heterocycles. The number of thiazole rings is 1. The van der Waals surface area contributed by atoms with Crippen molar-refractivity contribution in [3.8, 4) is 11.5 Å². The van der Waals surface area contributed by atoms with E-state index in [1.165, 1.54) is 11.3 Å². The Morgan fingerprint density at radius 2 is 1.64 bits per heavy atom. The molecule has 404 valence electrons. The van der Waals surface area contributed by atoms with Gasteiger partial charge in [0.2, 0.25) is 11.8 Å². The van der Waals surface area contributed by atoms with E-state index >= 15 is 0 Å². The standard InChI is InChI=1S/C56H74BrN9O8S/c1-3-46-41-75-56(62-46)63-55(69)61-47-19-23-50(24-20-47)74-37-36-71-32-27-59-40-48(64-58)26-31-70-34-35-72-33-29-65(2)28-7-8-30-73-51-13-9-12-42(38-51)14-25-52(67)66(49-21-22-49)53(44-15-17-45(57)18-16-44)54(68)60-39-43-10-5-4-6-11-43/h5,9-13,15-20,23-24,38,40-41,49,53H,3-4,6-8,14,21-22,25-37,39,58H2,1-2H3,(H,60,68)(H2,61,62,63,69)/b59-40?,64-48-. The van der Waals surface area contributed by atoms with Crippen LogP contribution in [0.2, 0.25) is 0 Å². The van der Waals surface area contributed by atoms with Gasteiger partial charge in [0.25, 0.3) is 0 Å². The minimum absolute atomic E-state index is 0.0189. The van der Waals surface area contributed by atoms with Crippen LogP contribution in [0.15, 0.2) is 117 Å². The van der Waals surface area contributed by atoms with Crippen LogP contribution in [0.5, 0.6) is 11.5 Å². The number of hydrazone groups is 1. The van der Waals surface area contributed by atoms with Gasteiger partial charge >= 0.3 is 6.03 Å². The summed E-state index contributed by atoms with van der Waals surface area (Å²) in [6, 6.07) is 21.8. The van der Waals surface area contributed by atoms with Crippen molar-refractivity contribution in [2.45, 2.75) is 83.2 Å². The fraction of sp³-hybridized carbons (Fsp3) is 0.464. The quantitative estimate of drug-likeness (QED) is 0.0148. The third kappa shape index (κ3) is 22.0. The number of aliphatic imine (C=N–C) groups is 1. The number of carbonyl (C=O) groups is 3. The molecule has 17 nitrogen and oxygen atoms in total. The molecule has 0 bridgehead atoms. The lowest BCUT2D eigenvalue weighted by atomic mass is 10.0. The van der Waals surface area contributed by atoms with Crippen LogP contribution in [0.1, 0.15) is 81.2 Å². The topological polar surface area (TPSA) is 204 Å². The summed E-state index contributed by atoms with van der Waals surface area (Å²) in [5.41, 5.74) is 5.14. The van der Waals surface area contributed by atoms with Crippen molar-refractivity contribution in [2.75, 3.05) is 96.7 Å². The number of benzene rings is 3. The maximum absolute atomic E-state index is 14.0. The van der Waals surface area contributed by atoms with E-state index in [1.807, 2.05) is 65.7 Å². The molecule has 4 amide bonds. The number of rotatable bonds is 35. The zero-order valence-electron chi connectivity index (χ0n) is 43.4. The molecular formula is C56H74BrN9O8S. The number of carbonyl (C=O) groups excluding carboxylic acids is 3. The number of aromatic nitrogens is 1. The highest BCUT2D eigenvalue weighted by Gasteiger charge is 2.41. The number of unbranched alkanes of at least 4 members (excludes halogenated alkanes) is 1. The van der Waals surface area contributed by atoms with Gasteiger partial charge in [-0.3, -0.25) is 19.9 Å². The highest BCUT2D eigenvalue weighted by atomic mass is 79.9. The predicted octanol–water partition coefficient (Wildman–Crippen LogP) is 9.16. The minimum atomic E-state index is -0.697. The van der Waals surface area contributed by atoms with Crippen molar-refractivity contribution < 1.29 is 38.1 Å². The normalized spacial score (nSPS) is 13.9. The summed E-state index contributed by atoms with van der Waals surface area (Å²) in [5.74, 6) is 6.85. The molecule has 2 aliphatic carbocycles. The predicted molar refractivity (Wildman–Crippen MR) is 301 cm³/mol. The number of nitrogens with one attached hydrogen (secondary N) is 3. The molecule has 0 radical (unpaired) electrons. The average molecular weight is 1110 g/mol. The molecule has 4 aromatic rings. The molecule has 1 atom stereocenters. The monoisotopic (exact) mass is 1110 g/mol. The number of aryl methyl sites for hydroxylation is 2. The largest absolute Gasteiger partial charge is 0.494 e. The zero-order chi connectivity index (χ0) is 52.9. The molecule has 19 heteroatoms. The molecule has 0 spiro atoms. The molecule has 0 aliphatic heterocycles. The molecule has 5 N–H and O–H groups in total. The van der Waals surface area contributed by atoms with Crippen LogP contribution in [0, 0.1) is 0 Å². The van der Waals surface area contributed by atoms with Crippen molar-refractivity contribution in [1.82, 2.24) is 20.1 Å². The van der Waals surface area contributed by atoms with Crippen LogP contribution in [0.25, 0.3) is 0 Å². The molecule has 6 rings (SSSR count). The van der Waals surface area contributed by atoms with Crippen LogP contribution >= 0.6 is 27.3 Å². The fourth-order valence-electron chi connectivity index (χ4n) is 7.95. The summed E-state index contributed by atoms with van der Waals surface area (Å²) in [7, 11) is 2.09. The number of likely N-dealkylation sites (N-methyl/N-ethyl adjacent to an activating group) is 1. The van der Waals surface area contributed by atoms with Crippen LogP contribution in [-0.2, 0) is 36.6 Å². The van der Waals surface area contributed by atoms with Gasteiger partial charge in [0.15, 0.2) is 5.13 Å². The summed E-state index contributed by atoms with van der Waals surface area (Å²) in [4.78, 5) is 52.9. The zero-order valence-corrected chi connectivity index (χ0v) is 45.8. The number of urea groups is 1. The van der Waals surface area contributed by atoms with Crippen LogP contribution in [0.4, 0.5) is 15.6 Å². The summed E-state index contributed by atoms with van der Waals surface area (Å²) < 4.78 is 29.9. The summed E-state index contributed by atoms with van der Waals surface area (Å²) >= 11 is 4.91. The second-order valence-corrected chi connectivity index (χ2v) is 19.9. The smallest absolute Gasteiger partial charge is 0.325 e. The lowest BCUT2D eigenvalue weighted by Gasteiger charge is -2.32. The number of nitrogens with two attached hydrogens (primary N) is 1. The van der Waals surface area contributed by atoms with Gasteiger partial charge in [-0.25, -0.2) is 9.78 Å². The van der Waals surface area contributed by atoms with E-state index in [4.69, 9.17) is 29.5 Å². The van der Waals surface area contributed by atoms with Crippen LogP contribution in [0.3, 0.4) is 0 Å². The molecule has 3 aromatic carbocycles. The Morgan fingerprint density at radius 3 is 2.39 bits per heavy atom. The van der Waals surface area contributed by atoms with E-state index in [0.717, 1.165) is 90.7 Å². The van der Waals surface area contributed by atoms with Gasteiger partial charge in [0.1, 0.15) is 24.1 Å². The third-order valence-corrected chi connectivity index (χ3v) is 13.5. The van der Waals surface area contributed by atoms with E-state index < -0.39 is 6.04 Å². The average Bonchev–Trinajstić information content (AvgIpc) is 4.17. The van der Waals surface area contributed by atoms with Gasteiger partial charge in [-0.05, 0) is 130 Å². The van der Waals surface area contributed by atoms with Crippen LogP contribution in [-0.4, -0.2) is 137 Å². The Hall–Kier alpha value is -5.96. The lowest BCUT2D eigenvalue weighted by Crippen LogP contribution is -2.45. The lowest BCUT2D eigenvalue weighted by molar-refractivity contribution is -0.141. The highest BCUT2D eigenvalue weighted by Crippen LogP contribution is 2.36. The van der Waals surface area contributed by atoms with Crippen molar-refractivity contribution in [1.29, 1.82) is 0 Å². The molecular weight excluding hydrogens is 1040 g/mol. The maximum Gasteiger partial charge on any atom is 0.325 e. The Bertz CT molecular complexity index is 2480. The first kappa shape index (κ1) is 58.3. The maximum atomic E-state index is 14.0. The van der Waals surface area contributed by atoms with Gasteiger partial charge in [0.05, 0.1) is 64.2 Å². The van der Waals surface area contributed by atoms with Crippen molar-refractivity contribution >= 4 is 67.9 Å². The number of amides is 4. The molecule has 1 saturated carbocycles. The Labute approximate surface area is 454 Å². The Balaban J connectivity index is 0.752. The van der Waals surface area contributed by atoms with Crippen molar-refractivity contribution in [3.05, 3.63) is 123 Å². The number of hydrogen-bond acceptors (Lipinski definition) is 14. The minimum Gasteiger partial charge on any atom is -0.494 e. The van der Waals surface area contributed by atoms with E-state index in [9.17, 15) is 14.4 Å². The highest BCUT2D eigenvalue weighted by molar-refractivity contribution is 9.10. The Kier molecular flexibility index (Phi) is 25.8. The molecule has 1 fully saturated rings. The summed E-state index contributed by atoms with van der Waals surface area (Å²) in [6.07, 6.45) is 15.9. The second kappa shape index (κ2) is 33.2. The molecule has 0 saturated heterocycles. The van der Waals surface area contributed by atoms with E-state index in [0.29, 0.717) is 107 Å². The molecule has 75 heavy (non-hydrogen) atoms. The molecule has 1 heterocycles. The number of halogens is 1. The first-order valence-electron chi connectivity index (χ1n) is 26.0. The molecule has 2 aliphatic rings. The van der Waals surface area contributed by atoms with Gasteiger partial charge in [-0.15, -0.1) is 11.3 Å². The van der Waals surface area contributed by atoms with Crippen molar-refractivity contribution in [3.63, 3.8) is 0 Å². The number of nitrogens with zero attached hydrogens (tertiary/aromatic N) is 5. The first-order valence-corrected chi connectivity index (χ1v) is 27.7. The van der Waals surface area contributed by atoms with Crippen LogP contribution < -0.4 is 31.3 Å². The van der Waals surface area contributed by atoms with E-state index in [1.54, 1.807) is 30.5 Å². The van der Waals surface area contributed by atoms with Gasteiger partial charge in [-0.1, -0.05) is 65.3 Å². The molecule has 1 unspecified atom stereocenters. The second-order valence-electron chi connectivity index (χ2n) is 18.2. The summed E-state index contributed by atoms with van der Waals surface area (Å²) in [5, 5.41) is 15.0. The fourth-order valence-corrected chi connectivity index (χ4v) is 9.00. The number of anilines is 2. The number of ether oxygens (including phenoxy) is 5. The number of hydrogen-bond donors (Lipinski definition) is 4. The third-order valence-electron chi connectivity index (χ3n) is 12.2. The van der Waals surface area contributed by atoms with Gasteiger partial charge in [0, 0.05) is 53.7 Å². The first-order chi connectivity index (χ1) is 36.7. The Morgan fingerprint density at radius 1 is 0.867 bits per heavy atom. The van der Waals surface area contributed by atoms with E-state index in [-0.39, 0.29) is 23.9 Å². The number of allylic oxidation sites excluding steroid dienone is 2. The van der Waals surface area contributed by atoms with E-state index in [2.05, 4.69) is 77.1 Å². The SMILES string of the molecule is CCc1csc(NC(=O)Nc2ccc(OCCOCCN=C/C(CCOCCOCCN(C)CCCCOc3cccc(CCC(=O)N(C4CC4)C(C(=O)NCC4=CCCC=C4)c4ccc(Br)cc4)c3)=N\N)cc2)n1. The van der Waals surface area contributed by atoms with Crippen molar-refractivity contribution in [2.24, 2.45) is 15.9 Å². The van der Waals surface area contributed by atoms with Gasteiger partial charge < -0.3 is 50.0 Å². The van der Waals surface area contributed by atoms with Gasteiger partial charge in [-0.2, -0.15) is 5.10 Å². The summed E-state index contributed by atoms with van der Waals surface area (Å²) in [6.45, 7) is 8.46.